The van der Waals surface area contributed by atoms with Gasteiger partial charge in [0.2, 0.25) is 5.91 Å². The summed E-state index contributed by atoms with van der Waals surface area (Å²) in [6.07, 6.45) is 0. The van der Waals surface area contributed by atoms with Gasteiger partial charge in [0.25, 0.3) is 15.9 Å². The lowest BCUT2D eigenvalue weighted by Crippen LogP contribution is -2.40. The van der Waals surface area contributed by atoms with Gasteiger partial charge >= 0.3 is 0 Å². The highest BCUT2D eigenvalue weighted by Gasteiger charge is 2.20. The molecule has 0 aliphatic carbocycles. The first-order chi connectivity index (χ1) is 13.7. The summed E-state index contributed by atoms with van der Waals surface area (Å²) in [4.78, 5) is 25.9. The quantitative estimate of drug-likeness (QED) is 0.685. The Morgan fingerprint density at radius 3 is 2.34 bits per heavy atom. The number of hydrogen-bond donors (Lipinski definition) is 2. The number of nitrogens with one attached hydrogen (secondary N) is 2. The van der Waals surface area contributed by atoms with E-state index in [1.54, 1.807) is 11.8 Å². The van der Waals surface area contributed by atoms with Crippen molar-refractivity contribution < 1.29 is 22.4 Å². The second-order valence-corrected chi connectivity index (χ2v) is 7.99. The zero-order chi connectivity index (χ0) is 21.6. The number of hydrogen-bond acceptors (Lipinski definition) is 4. The maximum Gasteiger partial charge on any atom is 0.262 e. The topological polar surface area (TPSA) is 95.6 Å². The van der Waals surface area contributed by atoms with Gasteiger partial charge < -0.3 is 10.2 Å². The fourth-order valence-corrected chi connectivity index (χ4v) is 3.79. The summed E-state index contributed by atoms with van der Waals surface area (Å²) in [7, 11) is -4.11. The van der Waals surface area contributed by atoms with E-state index in [0.29, 0.717) is 18.7 Å². The first-order valence-corrected chi connectivity index (χ1v) is 10.6. The van der Waals surface area contributed by atoms with Gasteiger partial charge in [-0.1, -0.05) is 18.2 Å². The fraction of sp³-hybridized carbons (Fsp3) is 0.300. The lowest BCUT2D eigenvalue weighted by Gasteiger charge is -2.19. The first-order valence-electron chi connectivity index (χ1n) is 9.13. The predicted octanol–water partition coefficient (Wildman–Crippen LogP) is 2.53. The number of amides is 2. The third-order valence-electron chi connectivity index (χ3n) is 4.40. The van der Waals surface area contributed by atoms with Gasteiger partial charge in [-0.15, -0.1) is 0 Å². The number of sulfonamides is 1. The molecule has 2 N–H and O–H groups in total. The van der Waals surface area contributed by atoms with Crippen molar-refractivity contribution in [3.63, 3.8) is 0 Å². The molecule has 0 aliphatic heterocycles. The van der Waals surface area contributed by atoms with Gasteiger partial charge in [0.05, 0.1) is 17.1 Å². The Hall–Kier alpha value is -2.94. The molecule has 0 aliphatic rings. The highest BCUT2D eigenvalue weighted by molar-refractivity contribution is 7.92. The van der Waals surface area contributed by atoms with E-state index < -0.39 is 21.7 Å². The van der Waals surface area contributed by atoms with Crippen molar-refractivity contribution in [2.75, 3.05) is 24.4 Å². The average molecular weight is 421 g/mol. The summed E-state index contributed by atoms with van der Waals surface area (Å²) < 4.78 is 41.2. The van der Waals surface area contributed by atoms with Crippen LogP contribution in [-0.4, -0.2) is 44.8 Å². The van der Waals surface area contributed by atoms with Gasteiger partial charge in [-0.25, -0.2) is 12.8 Å². The molecule has 0 aromatic heterocycles. The Morgan fingerprint density at radius 1 is 1.07 bits per heavy atom. The molecule has 156 valence electrons. The normalized spacial score (nSPS) is 11.0. The van der Waals surface area contributed by atoms with E-state index in [0.717, 1.165) is 6.07 Å². The standard InChI is InChI=1S/C20H24FN3O4S/c1-4-24(5-2)19(25)13-22-20(26)16-12-15(11-10-14(16)3)29(27,28)23-18-9-7-6-8-17(18)21/h6-12,23H,4-5,13H2,1-3H3,(H,22,26). The Morgan fingerprint density at radius 2 is 1.72 bits per heavy atom. The fourth-order valence-electron chi connectivity index (χ4n) is 2.70. The Balaban J connectivity index is 2.21. The van der Waals surface area contributed by atoms with Gasteiger partial charge in [-0.05, 0) is 50.6 Å². The molecule has 2 rings (SSSR count). The van der Waals surface area contributed by atoms with E-state index in [9.17, 15) is 22.4 Å². The molecule has 0 atom stereocenters. The van der Waals surface area contributed by atoms with Crippen molar-refractivity contribution in [2.24, 2.45) is 0 Å². The van der Waals surface area contributed by atoms with Crippen LogP contribution in [0.5, 0.6) is 0 Å². The molecule has 2 aromatic rings. The number of nitrogens with zero attached hydrogens (tertiary/aromatic N) is 1. The molecule has 0 saturated heterocycles. The summed E-state index contributed by atoms with van der Waals surface area (Å²) >= 11 is 0. The zero-order valence-electron chi connectivity index (χ0n) is 16.5. The van der Waals surface area contributed by atoms with Gasteiger partial charge in [-0.3, -0.25) is 14.3 Å². The monoisotopic (exact) mass is 421 g/mol. The Bertz CT molecular complexity index is 1000. The summed E-state index contributed by atoms with van der Waals surface area (Å²) in [5, 5.41) is 2.52. The maximum absolute atomic E-state index is 13.8. The van der Waals surface area contributed by atoms with Crippen molar-refractivity contribution in [1.29, 1.82) is 0 Å². The number of likely N-dealkylation sites (N-methyl/N-ethyl adjacent to an activating group) is 1. The van der Waals surface area contributed by atoms with E-state index in [4.69, 9.17) is 0 Å². The molecule has 0 bridgehead atoms. The number of aryl methyl sites for hydroxylation is 1. The van der Waals surface area contributed by atoms with Crippen molar-refractivity contribution in [3.8, 4) is 0 Å². The first kappa shape index (κ1) is 22.4. The lowest BCUT2D eigenvalue weighted by molar-refractivity contribution is -0.129. The van der Waals surface area contributed by atoms with Crippen LogP contribution in [0.2, 0.25) is 0 Å². The molecule has 9 heteroatoms. The average Bonchev–Trinajstić information content (AvgIpc) is 2.69. The van der Waals surface area contributed by atoms with Crippen LogP contribution in [0.3, 0.4) is 0 Å². The predicted molar refractivity (Wildman–Crippen MR) is 109 cm³/mol. The van der Waals surface area contributed by atoms with Gasteiger partial charge in [-0.2, -0.15) is 0 Å². The molecular formula is C20H24FN3O4S. The molecule has 2 aromatic carbocycles. The maximum atomic E-state index is 13.8. The van der Waals surface area contributed by atoms with E-state index >= 15 is 0 Å². The summed E-state index contributed by atoms with van der Waals surface area (Å²) in [6, 6.07) is 9.40. The largest absolute Gasteiger partial charge is 0.343 e. The Kier molecular flexibility index (Phi) is 7.33. The minimum atomic E-state index is -4.11. The van der Waals surface area contributed by atoms with Crippen molar-refractivity contribution in [1.82, 2.24) is 10.2 Å². The van der Waals surface area contributed by atoms with E-state index in [1.165, 1.54) is 36.4 Å². The summed E-state index contributed by atoms with van der Waals surface area (Å²) in [6.45, 7) is 6.19. The molecule has 0 radical (unpaired) electrons. The van der Waals surface area contributed by atoms with Crippen molar-refractivity contribution in [2.45, 2.75) is 25.7 Å². The molecule has 0 spiro atoms. The van der Waals surface area contributed by atoms with Gasteiger partial charge in [0.15, 0.2) is 0 Å². The van der Waals surface area contributed by atoms with Crippen LogP contribution < -0.4 is 10.0 Å². The molecule has 0 heterocycles. The van der Waals surface area contributed by atoms with E-state index in [1.807, 2.05) is 13.8 Å². The van der Waals surface area contributed by atoms with Crippen LogP contribution >= 0.6 is 0 Å². The number of rotatable bonds is 8. The minimum absolute atomic E-state index is 0.119. The van der Waals surface area contributed by atoms with Gasteiger partial charge in [0.1, 0.15) is 5.82 Å². The zero-order valence-corrected chi connectivity index (χ0v) is 17.3. The minimum Gasteiger partial charge on any atom is -0.343 e. The SMILES string of the molecule is CCN(CC)C(=O)CNC(=O)c1cc(S(=O)(=O)Nc2ccccc2F)ccc1C. The highest BCUT2D eigenvalue weighted by Crippen LogP contribution is 2.21. The van der Waals surface area contributed by atoms with Crippen LogP contribution in [0.1, 0.15) is 29.8 Å². The van der Waals surface area contributed by atoms with Crippen molar-refractivity contribution >= 4 is 27.5 Å². The molecule has 0 unspecified atom stereocenters. The Labute approximate surface area is 170 Å². The number of carbonyl (C=O) groups is 2. The van der Waals surface area contributed by atoms with Crippen LogP contribution in [-0.2, 0) is 14.8 Å². The van der Waals surface area contributed by atoms with Crippen molar-refractivity contribution in [3.05, 3.63) is 59.4 Å². The van der Waals surface area contributed by atoms with Crippen LogP contribution in [0.25, 0.3) is 0 Å². The van der Waals surface area contributed by atoms with E-state index in [-0.39, 0.29) is 28.6 Å². The molecule has 0 saturated carbocycles. The number of anilines is 1. The second kappa shape index (κ2) is 9.51. The summed E-state index contributed by atoms with van der Waals surface area (Å²) in [5.74, 6) is -1.51. The van der Waals surface area contributed by atoms with E-state index in [2.05, 4.69) is 10.0 Å². The van der Waals surface area contributed by atoms with Crippen LogP contribution in [0.15, 0.2) is 47.4 Å². The molecule has 0 fully saturated rings. The number of carbonyl (C=O) groups excluding carboxylic acids is 2. The number of benzene rings is 2. The molecular weight excluding hydrogens is 397 g/mol. The molecule has 29 heavy (non-hydrogen) atoms. The number of halogens is 1. The molecule has 2 amide bonds. The highest BCUT2D eigenvalue weighted by atomic mass is 32.2. The van der Waals surface area contributed by atoms with Crippen LogP contribution in [0, 0.1) is 12.7 Å². The summed E-state index contributed by atoms with van der Waals surface area (Å²) in [5.41, 5.74) is 0.472. The third kappa shape index (κ3) is 5.54. The van der Waals surface area contributed by atoms with Crippen LogP contribution in [0.4, 0.5) is 10.1 Å². The third-order valence-corrected chi connectivity index (χ3v) is 5.76. The number of para-hydroxylation sites is 1. The molecule has 7 nitrogen and oxygen atoms in total. The van der Waals surface area contributed by atoms with Gasteiger partial charge in [0, 0.05) is 18.7 Å². The smallest absolute Gasteiger partial charge is 0.262 e. The lowest BCUT2D eigenvalue weighted by atomic mass is 10.1. The second-order valence-electron chi connectivity index (χ2n) is 6.31.